The van der Waals surface area contributed by atoms with Crippen molar-refractivity contribution in [2.75, 3.05) is 40.4 Å². The van der Waals surface area contributed by atoms with Crippen molar-refractivity contribution in [1.29, 1.82) is 0 Å². The summed E-state index contributed by atoms with van der Waals surface area (Å²) >= 11 is 1.42. The van der Waals surface area contributed by atoms with E-state index in [1.54, 1.807) is 51.7 Å². The number of carbonyl (C=O) groups is 1. The monoisotopic (exact) mass is 575 g/mol. The topological polar surface area (TPSA) is 114 Å². The first kappa shape index (κ1) is 27.8. The average molecular weight is 576 g/mol. The molecule has 0 fully saturated rings. The molecule has 0 aliphatic carbocycles. The number of amides is 1. The van der Waals surface area contributed by atoms with Gasteiger partial charge >= 0.3 is 0 Å². The fraction of sp³-hybridized carbons (Fsp3) is 0.233. The molecule has 5 rings (SSSR count). The summed E-state index contributed by atoms with van der Waals surface area (Å²) < 4.78 is 34.2. The maximum absolute atomic E-state index is 12.7. The van der Waals surface area contributed by atoms with Gasteiger partial charge in [0.05, 0.1) is 38.7 Å². The summed E-state index contributed by atoms with van der Waals surface area (Å²) in [5, 5.41) is 7.56. The molecule has 1 N–H and O–H groups in total. The molecule has 2 aromatic heterocycles. The van der Waals surface area contributed by atoms with Crippen LogP contribution in [-0.4, -0.2) is 51.1 Å². The third kappa shape index (κ3) is 5.90. The van der Waals surface area contributed by atoms with E-state index in [4.69, 9.17) is 28.2 Å². The number of hydrogen-bond donors (Lipinski definition) is 1. The number of thiazole rings is 1. The summed E-state index contributed by atoms with van der Waals surface area (Å²) in [4.78, 5) is 17.2. The minimum Gasteiger partial charge on any atom is -0.493 e. The number of benzene rings is 3. The van der Waals surface area contributed by atoms with Crippen LogP contribution in [0.2, 0.25) is 0 Å². The van der Waals surface area contributed by atoms with Crippen LogP contribution in [0, 0.1) is 0 Å². The molecule has 10 nitrogen and oxygen atoms in total. The third-order valence-electron chi connectivity index (χ3n) is 6.38. The van der Waals surface area contributed by atoms with E-state index in [0.717, 1.165) is 22.2 Å². The lowest BCUT2D eigenvalue weighted by molar-refractivity contribution is -0.118. The molecule has 0 spiro atoms. The van der Waals surface area contributed by atoms with Crippen LogP contribution in [0.3, 0.4) is 0 Å². The van der Waals surface area contributed by atoms with Crippen LogP contribution < -0.4 is 29.0 Å². The predicted octanol–water partition coefficient (Wildman–Crippen LogP) is 6.23. The van der Waals surface area contributed by atoms with Gasteiger partial charge in [0.15, 0.2) is 40.5 Å². The van der Waals surface area contributed by atoms with Crippen molar-refractivity contribution in [2.45, 2.75) is 13.3 Å². The molecule has 0 saturated carbocycles. The van der Waals surface area contributed by atoms with Crippen molar-refractivity contribution < 1.29 is 33.0 Å². The third-order valence-corrected chi connectivity index (χ3v) is 7.34. The van der Waals surface area contributed by atoms with Crippen LogP contribution in [0.25, 0.3) is 32.8 Å². The number of fused-ring (bicyclic) bond motifs is 1. The number of methoxy groups -OCH3 is 4. The Kier molecular flexibility index (Phi) is 8.25. The van der Waals surface area contributed by atoms with E-state index >= 15 is 0 Å². The summed E-state index contributed by atoms with van der Waals surface area (Å²) in [6.45, 7) is 1.86. The summed E-state index contributed by atoms with van der Waals surface area (Å²) in [7, 11) is 6.18. The highest BCUT2D eigenvalue weighted by Crippen LogP contribution is 2.42. The maximum Gasteiger partial charge on any atom is 0.264 e. The van der Waals surface area contributed by atoms with Crippen molar-refractivity contribution in [2.24, 2.45) is 0 Å². The Hall–Kier alpha value is -4.77. The molecule has 0 bridgehead atoms. The first-order chi connectivity index (χ1) is 20.0. The standard InChI is InChI=1S/C30H29N3O7S/c1-6-17-7-10-27-21(11-17)31-30(41-27)32-28(34)16-39-24-12-18(8-9-22(24)35-2)23-15-20(33-40-23)19-13-25(36-3)29(38-5)26(14-19)37-4/h7-15H,6,16H2,1-5H3,(H,31,32,34). The second-order valence-corrected chi connectivity index (χ2v) is 9.90. The molecule has 0 atom stereocenters. The van der Waals surface area contributed by atoms with Crippen molar-refractivity contribution in [1.82, 2.24) is 10.1 Å². The van der Waals surface area contributed by atoms with E-state index < -0.39 is 0 Å². The van der Waals surface area contributed by atoms with Gasteiger partial charge in [-0.3, -0.25) is 10.1 Å². The zero-order valence-corrected chi connectivity index (χ0v) is 24.1. The quantitative estimate of drug-likeness (QED) is 0.196. The first-order valence-corrected chi connectivity index (χ1v) is 13.6. The number of hydrogen-bond acceptors (Lipinski definition) is 10. The Morgan fingerprint density at radius 1 is 0.854 bits per heavy atom. The molecule has 0 aliphatic rings. The van der Waals surface area contributed by atoms with E-state index in [0.29, 0.717) is 50.9 Å². The molecule has 0 unspecified atom stereocenters. The molecule has 0 saturated heterocycles. The van der Waals surface area contributed by atoms with Crippen molar-refractivity contribution in [3.8, 4) is 51.3 Å². The van der Waals surface area contributed by atoms with E-state index in [-0.39, 0.29) is 12.5 Å². The van der Waals surface area contributed by atoms with Crippen molar-refractivity contribution >= 4 is 32.6 Å². The lowest BCUT2D eigenvalue weighted by Crippen LogP contribution is -2.20. The van der Waals surface area contributed by atoms with Gasteiger partial charge in [-0.15, -0.1) is 0 Å². The van der Waals surface area contributed by atoms with Gasteiger partial charge in [-0.25, -0.2) is 4.98 Å². The molecule has 41 heavy (non-hydrogen) atoms. The maximum atomic E-state index is 12.7. The summed E-state index contributed by atoms with van der Waals surface area (Å²) in [6, 6.07) is 16.8. The molecule has 3 aromatic carbocycles. The molecular weight excluding hydrogens is 546 g/mol. The van der Waals surface area contributed by atoms with Crippen LogP contribution in [0.4, 0.5) is 5.13 Å². The number of ether oxygens (including phenoxy) is 5. The normalized spacial score (nSPS) is 10.9. The fourth-order valence-electron chi connectivity index (χ4n) is 4.26. The number of carbonyl (C=O) groups excluding carboxylic acids is 1. The van der Waals surface area contributed by atoms with Gasteiger partial charge in [-0.1, -0.05) is 29.5 Å². The molecule has 0 aliphatic heterocycles. The SMILES string of the molecule is CCc1ccc2sc(NC(=O)COc3cc(-c4cc(-c5cc(OC)c(OC)c(OC)c5)no4)ccc3OC)nc2c1. The fourth-order valence-corrected chi connectivity index (χ4v) is 5.13. The van der Waals surface area contributed by atoms with Crippen molar-refractivity contribution in [3.05, 3.63) is 60.2 Å². The minimum absolute atomic E-state index is 0.233. The molecule has 5 aromatic rings. The number of aromatic nitrogens is 2. The van der Waals surface area contributed by atoms with Gasteiger partial charge in [0, 0.05) is 17.2 Å². The Balaban J connectivity index is 1.32. The van der Waals surface area contributed by atoms with Crippen LogP contribution >= 0.6 is 11.3 Å². The van der Waals surface area contributed by atoms with Gasteiger partial charge < -0.3 is 28.2 Å². The van der Waals surface area contributed by atoms with Crippen LogP contribution in [0.5, 0.6) is 28.7 Å². The van der Waals surface area contributed by atoms with Crippen LogP contribution in [-0.2, 0) is 11.2 Å². The molecule has 212 valence electrons. The highest BCUT2D eigenvalue weighted by atomic mass is 32.1. The number of nitrogens with zero attached hydrogens (tertiary/aromatic N) is 2. The minimum atomic E-state index is -0.337. The van der Waals surface area contributed by atoms with Crippen LogP contribution in [0.1, 0.15) is 12.5 Å². The molecule has 0 radical (unpaired) electrons. The van der Waals surface area contributed by atoms with Gasteiger partial charge in [-0.05, 0) is 54.4 Å². The lowest BCUT2D eigenvalue weighted by Gasteiger charge is -2.13. The Labute approximate surface area is 240 Å². The molecule has 2 heterocycles. The number of anilines is 1. The zero-order valence-electron chi connectivity index (χ0n) is 23.3. The number of rotatable bonds is 11. The summed E-state index contributed by atoms with van der Waals surface area (Å²) in [6.07, 6.45) is 0.921. The van der Waals surface area contributed by atoms with Crippen molar-refractivity contribution in [3.63, 3.8) is 0 Å². The highest BCUT2D eigenvalue weighted by molar-refractivity contribution is 7.22. The van der Waals surface area contributed by atoms with Gasteiger partial charge in [-0.2, -0.15) is 0 Å². The summed E-state index contributed by atoms with van der Waals surface area (Å²) in [5.74, 6) is 2.49. The molecular formula is C30H29N3O7S. The zero-order chi connectivity index (χ0) is 28.9. The first-order valence-electron chi connectivity index (χ1n) is 12.7. The Morgan fingerprint density at radius 3 is 2.27 bits per heavy atom. The highest BCUT2D eigenvalue weighted by Gasteiger charge is 2.18. The van der Waals surface area contributed by atoms with E-state index in [2.05, 4.69) is 28.4 Å². The van der Waals surface area contributed by atoms with Gasteiger partial charge in [0.1, 0.15) is 5.69 Å². The van der Waals surface area contributed by atoms with E-state index in [1.165, 1.54) is 24.0 Å². The Morgan fingerprint density at radius 2 is 1.59 bits per heavy atom. The lowest BCUT2D eigenvalue weighted by atomic mass is 10.1. The molecule has 11 heteroatoms. The average Bonchev–Trinajstić information content (AvgIpc) is 3.66. The second-order valence-electron chi connectivity index (χ2n) is 8.87. The predicted molar refractivity (Wildman–Crippen MR) is 157 cm³/mol. The Bertz CT molecular complexity index is 1670. The molecule has 1 amide bonds. The van der Waals surface area contributed by atoms with Crippen LogP contribution in [0.15, 0.2) is 59.1 Å². The summed E-state index contributed by atoms with van der Waals surface area (Å²) in [5.41, 5.74) is 4.03. The van der Waals surface area contributed by atoms with E-state index in [1.807, 2.05) is 18.2 Å². The number of aryl methyl sites for hydroxylation is 1. The smallest absolute Gasteiger partial charge is 0.264 e. The van der Waals surface area contributed by atoms with Gasteiger partial charge in [0.25, 0.3) is 5.91 Å². The van der Waals surface area contributed by atoms with E-state index in [9.17, 15) is 4.79 Å². The van der Waals surface area contributed by atoms with Gasteiger partial charge in [0.2, 0.25) is 5.75 Å². The largest absolute Gasteiger partial charge is 0.493 e. The second kappa shape index (κ2) is 12.2. The number of nitrogens with one attached hydrogen (secondary N) is 1.